The third kappa shape index (κ3) is 2.66. The van der Waals surface area contributed by atoms with Gasteiger partial charge in [0.25, 0.3) is 5.91 Å². The number of nitrogens with zero attached hydrogens (tertiary/aromatic N) is 1. The van der Waals surface area contributed by atoms with E-state index < -0.39 is 0 Å². The van der Waals surface area contributed by atoms with E-state index in [9.17, 15) is 4.79 Å². The van der Waals surface area contributed by atoms with Gasteiger partial charge in [-0.15, -0.1) is 22.7 Å². The van der Waals surface area contributed by atoms with Crippen LogP contribution in [0.4, 0.5) is 5.69 Å². The summed E-state index contributed by atoms with van der Waals surface area (Å²) in [6.45, 7) is 2.41. The first-order chi connectivity index (χ1) is 9.61. The van der Waals surface area contributed by atoms with Crippen molar-refractivity contribution in [3.8, 4) is 0 Å². The van der Waals surface area contributed by atoms with Crippen molar-refractivity contribution in [3.05, 3.63) is 45.2 Å². The van der Waals surface area contributed by atoms with Crippen LogP contribution in [0.25, 0.3) is 10.1 Å². The number of nitrogens with two attached hydrogens (primary N) is 1. The number of carbonyl (C=O) groups is 1. The number of nitrogens with one attached hydrogen (secondary N) is 1. The van der Waals surface area contributed by atoms with Crippen LogP contribution in [0.5, 0.6) is 0 Å². The Balaban J connectivity index is 1.75. The van der Waals surface area contributed by atoms with Crippen molar-refractivity contribution in [2.75, 3.05) is 5.73 Å². The Morgan fingerprint density at radius 1 is 1.40 bits per heavy atom. The maximum absolute atomic E-state index is 12.1. The van der Waals surface area contributed by atoms with Crippen LogP contribution in [0.15, 0.2) is 29.6 Å². The third-order valence-electron chi connectivity index (χ3n) is 2.83. The van der Waals surface area contributed by atoms with Gasteiger partial charge in [-0.05, 0) is 36.6 Å². The van der Waals surface area contributed by atoms with Crippen LogP contribution in [0.2, 0.25) is 0 Å². The van der Waals surface area contributed by atoms with E-state index in [1.165, 1.54) is 11.3 Å². The fraction of sp³-hybridized carbons (Fsp3) is 0.143. The van der Waals surface area contributed by atoms with E-state index in [0.29, 0.717) is 17.1 Å². The second kappa shape index (κ2) is 5.22. The summed E-state index contributed by atoms with van der Waals surface area (Å²) in [5.74, 6) is -0.0716. The lowest BCUT2D eigenvalue weighted by atomic mass is 10.2. The molecular formula is C14H13N3OS2. The average Bonchev–Trinajstić information content (AvgIpc) is 3.01. The molecular weight excluding hydrogens is 290 g/mol. The van der Waals surface area contributed by atoms with Crippen LogP contribution >= 0.6 is 22.7 Å². The number of hydrogen-bond acceptors (Lipinski definition) is 5. The van der Waals surface area contributed by atoms with Crippen molar-refractivity contribution in [1.82, 2.24) is 10.3 Å². The number of rotatable bonds is 3. The van der Waals surface area contributed by atoms with Gasteiger partial charge in [0.05, 0.1) is 11.4 Å². The van der Waals surface area contributed by atoms with Gasteiger partial charge in [-0.3, -0.25) is 4.79 Å². The van der Waals surface area contributed by atoms with E-state index in [1.54, 1.807) is 11.3 Å². The van der Waals surface area contributed by atoms with Crippen molar-refractivity contribution in [2.45, 2.75) is 13.5 Å². The van der Waals surface area contributed by atoms with Gasteiger partial charge in [0, 0.05) is 21.5 Å². The fourth-order valence-electron chi connectivity index (χ4n) is 1.90. The molecule has 0 saturated carbocycles. The van der Waals surface area contributed by atoms with Crippen molar-refractivity contribution >= 4 is 44.4 Å². The molecule has 102 valence electrons. The first-order valence-corrected chi connectivity index (χ1v) is 7.80. The molecule has 0 fully saturated rings. The van der Waals surface area contributed by atoms with Crippen molar-refractivity contribution in [1.29, 1.82) is 0 Å². The Morgan fingerprint density at radius 2 is 2.25 bits per heavy atom. The number of thiophene rings is 1. The summed E-state index contributed by atoms with van der Waals surface area (Å²) >= 11 is 3.02. The molecule has 6 heteroatoms. The van der Waals surface area contributed by atoms with Gasteiger partial charge in [0.1, 0.15) is 5.01 Å². The molecule has 0 radical (unpaired) electrons. The Bertz CT molecular complexity index is 776. The number of benzene rings is 1. The average molecular weight is 303 g/mol. The highest BCUT2D eigenvalue weighted by molar-refractivity contribution is 7.20. The molecule has 0 atom stereocenters. The maximum Gasteiger partial charge on any atom is 0.261 e. The SMILES string of the molecule is Cc1csc(CNC(=O)c2cc3cc(N)ccc3s2)n1. The normalized spacial score (nSPS) is 10.8. The minimum Gasteiger partial charge on any atom is -0.399 e. The second-order valence-electron chi connectivity index (χ2n) is 4.47. The number of hydrogen-bond donors (Lipinski definition) is 2. The molecule has 3 rings (SSSR count). The molecule has 0 spiro atoms. The number of anilines is 1. The van der Waals surface area contributed by atoms with Gasteiger partial charge in [0.15, 0.2) is 0 Å². The zero-order valence-corrected chi connectivity index (χ0v) is 12.5. The maximum atomic E-state index is 12.1. The van der Waals surface area contributed by atoms with Gasteiger partial charge in [-0.2, -0.15) is 0 Å². The molecule has 1 amide bonds. The Hall–Kier alpha value is -1.92. The van der Waals surface area contributed by atoms with E-state index >= 15 is 0 Å². The molecule has 3 aromatic rings. The van der Waals surface area contributed by atoms with Gasteiger partial charge in [-0.1, -0.05) is 0 Å². The second-order valence-corrected chi connectivity index (χ2v) is 6.50. The van der Waals surface area contributed by atoms with Crippen LogP contribution in [-0.2, 0) is 6.54 Å². The number of aryl methyl sites for hydroxylation is 1. The highest BCUT2D eigenvalue weighted by Gasteiger charge is 2.10. The van der Waals surface area contributed by atoms with E-state index in [4.69, 9.17) is 5.73 Å². The van der Waals surface area contributed by atoms with Crippen molar-refractivity contribution in [2.24, 2.45) is 0 Å². The standard InChI is InChI=1S/C14H13N3OS2/c1-8-7-19-13(17-8)6-16-14(18)12-5-9-4-10(15)2-3-11(9)20-12/h2-5,7H,6,15H2,1H3,(H,16,18). The van der Waals surface area contributed by atoms with Crippen LogP contribution < -0.4 is 11.1 Å². The summed E-state index contributed by atoms with van der Waals surface area (Å²) in [6.07, 6.45) is 0. The molecule has 0 bridgehead atoms. The Labute approximate surface area is 124 Å². The number of thiazole rings is 1. The number of fused-ring (bicyclic) bond motifs is 1. The molecule has 0 aliphatic rings. The van der Waals surface area contributed by atoms with E-state index in [-0.39, 0.29) is 5.91 Å². The zero-order chi connectivity index (χ0) is 14.1. The van der Waals surface area contributed by atoms with Crippen LogP contribution in [0.1, 0.15) is 20.4 Å². The van der Waals surface area contributed by atoms with Crippen LogP contribution in [-0.4, -0.2) is 10.9 Å². The molecule has 0 aliphatic carbocycles. The number of carbonyl (C=O) groups excluding carboxylic acids is 1. The number of aromatic nitrogens is 1. The lowest BCUT2D eigenvalue weighted by Crippen LogP contribution is -2.21. The fourth-order valence-corrected chi connectivity index (χ4v) is 3.57. The van der Waals surface area contributed by atoms with Crippen LogP contribution in [0.3, 0.4) is 0 Å². The van der Waals surface area contributed by atoms with Gasteiger partial charge >= 0.3 is 0 Å². The van der Waals surface area contributed by atoms with Crippen molar-refractivity contribution in [3.63, 3.8) is 0 Å². The van der Waals surface area contributed by atoms with E-state index in [0.717, 1.165) is 20.8 Å². The minimum atomic E-state index is -0.0716. The quantitative estimate of drug-likeness (QED) is 0.730. The first-order valence-electron chi connectivity index (χ1n) is 6.10. The van der Waals surface area contributed by atoms with Gasteiger partial charge in [0.2, 0.25) is 0 Å². The zero-order valence-electron chi connectivity index (χ0n) is 10.8. The van der Waals surface area contributed by atoms with Gasteiger partial charge in [-0.25, -0.2) is 4.98 Å². The summed E-state index contributed by atoms with van der Waals surface area (Å²) in [7, 11) is 0. The number of nitrogen functional groups attached to an aromatic ring is 1. The molecule has 4 nitrogen and oxygen atoms in total. The summed E-state index contributed by atoms with van der Waals surface area (Å²) in [5.41, 5.74) is 7.44. The van der Waals surface area contributed by atoms with Gasteiger partial charge < -0.3 is 11.1 Å². The highest BCUT2D eigenvalue weighted by atomic mass is 32.1. The van der Waals surface area contributed by atoms with Crippen molar-refractivity contribution < 1.29 is 4.79 Å². The predicted molar refractivity (Wildman–Crippen MR) is 84.3 cm³/mol. The summed E-state index contributed by atoms with van der Waals surface area (Å²) in [4.78, 5) is 17.1. The molecule has 0 aliphatic heterocycles. The smallest absolute Gasteiger partial charge is 0.261 e. The lowest BCUT2D eigenvalue weighted by Gasteiger charge is -1.99. The monoisotopic (exact) mass is 303 g/mol. The molecule has 1 aromatic carbocycles. The minimum absolute atomic E-state index is 0.0716. The predicted octanol–water partition coefficient (Wildman–Crippen LogP) is 3.18. The lowest BCUT2D eigenvalue weighted by molar-refractivity contribution is 0.0955. The Morgan fingerprint density at radius 3 is 3.00 bits per heavy atom. The van der Waals surface area contributed by atoms with E-state index in [2.05, 4.69) is 10.3 Å². The van der Waals surface area contributed by atoms with E-state index in [1.807, 2.05) is 36.6 Å². The van der Waals surface area contributed by atoms with Crippen LogP contribution in [0, 0.1) is 6.92 Å². The molecule has 20 heavy (non-hydrogen) atoms. The largest absolute Gasteiger partial charge is 0.399 e. The first kappa shape index (κ1) is 13.1. The molecule has 0 unspecified atom stereocenters. The molecule has 2 aromatic heterocycles. The Kier molecular flexibility index (Phi) is 3.42. The highest BCUT2D eigenvalue weighted by Crippen LogP contribution is 2.27. The molecule has 0 saturated heterocycles. The topological polar surface area (TPSA) is 68.0 Å². The summed E-state index contributed by atoms with van der Waals surface area (Å²) in [6, 6.07) is 7.54. The molecule has 3 N–H and O–H groups in total. The number of amides is 1. The molecule has 2 heterocycles. The summed E-state index contributed by atoms with van der Waals surface area (Å²) < 4.78 is 1.06. The third-order valence-corrected chi connectivity index (χ3v) is 4.91. The summed E-state index contributed by atoms with van der Waals surface area (Å²) in [5, 5.41) is 6.79.